The van der Waals surface area contributed by atoms with Crippen molar-refractivity contribution >= 4 is 15.8 Å². The predicted molar refractivity (Wildman–Crippen MR) is 62.1 cm³/mol. The summed E-state index contributed by atoms with van der Waals surface area (Å²) in [5.74, 6) is -1.55. The zero-order valence-corrected chi connectivity index (χ0v) is 10.5. The zero-order valence-electron chi connectivity index (χ0n) is 9.66. The van der Waals surface area contributed by atoms with Crippen molar-refractivity contribution in [1.29, 1.82) is 0 Å². The van der Waals surface area contributed by atoms with Crippen molar-refractivity contribution in [3.8, 4) is 0 Å². The van der Waals surface area contributed by atoms with Crippen LogP contribution >= 0.6 is 0 Å². The summed E-state index contributed by atoms with van der Waals surface area (Å²) in [6.45, 7) is 0.849. The highest BCUT2D eigenvalue weighted by molar-refractivity contribution is 7.91. The van der Waals surface area contributed by atoms with Crippen molar-refractivity contribution in [3.63, 3.8) is 0 Å². The van der Waals surface area contributed by atoms with Crippen LogP contribution in [0.1, 0.15) is 29.0 Å². The number of furan rings is 1. The van der Waals surface area contributed by atoms with E-state index >= 15 is 0 Å². The Morgan fingerprint density at radius 1 is 1.39 bits per heavy atom. The number of carbonyl (C=O) groups is 1. The Bertz CT molecular complexity index is 523. The molecule has 0 atom stereocenters. The first-order valence-electron chi connectivity index (χ1n) is 5.59. The van der Waals surface area contributed by atoms with Gasteiger partial charge in [0.05, 0.1) is 11.5 Å². The number of hydrogen-bond acceptors (Lipinski definition) is 5. The fourth-order valence-electron chi connectivity index (χ4n) is 1.98. The van der Waals surface area contributed by atoms with Gasteiger partial charge in [-0.25, -0.2) is 13.2 Å². The molecule has 1 N–H and O–H groups in total. The van der Waals surface area contributed by atoms with Gasteiger partial charge in [-0.15, -0.1) is 0 Å². The van der Waals surface area contributed by atoms with Crippen molar-refractivity contribution in [3.05, 3.63) is 23.7 Å². The van der Waals surface area contributed by atoms with Crippen LogP contribution in [0.3, 0.4) is 0 Å². The maximum atomic E-state index is 12.1. The quantitative estimate of drug-likeness (QED) is 0.882. The van der Waals surface area contributed by atoms with E-state index in [1.807, 2.05) is 0 Å². The molecule has 1 aliphatic rings. The van der Waals surface area contributed by atoms with Gasteiger partial charge in [0.2, 0.25) is 0 Å². The lowest BCUT2D eigenvalue weighted by atomic mass is 10.2. The van der Waals surface area contributed by atoms with Crippen LogP contribution in [0.2, 0.25) is 0 Å². The molecule has 2 heterocycles. The molecule has 1 saturated heterocycles. The van der Waals surface area contributed by atoms with E-state index in [-0.39, 0.29) is 17.1 Å². The maximum absolute atomic E-state index is 12.1. The second-order valence-electron chi connectivity index (χ2n) is 4.18. The van der Waals surface area contributed by atoms with Crippen LogP contribution in [-0.4, -0.2) is 38.0 Å². The summed E-state index contributed by atoms with van der Waals surface area (Å²) in [5, 5.41) is 8.41. The van der Waals surface area contributed by atoms with Gasteiger partial charge in [0.1, 0.15) is 17.1 Å². The zero-order chi connectivity index (χ0) is 13.2. The minimum absolute atomic E-state index is 0.00556. The first-order valence-corrected chi connectivity index (χ1v) is 7.31. The molecule has 0 bridgehead atoms. The molecular formula is C11H14O6S. The lowest BCUT2D eigenvalue weighted by molar-refractivity contribution is 0.0695. The van der Waals surface area contributed by atoms with Crippen molar-refractivity contribution in [1.82, 2.24) is 0 Å². The summed E-state index contributed by atoms with van der Waals surface area (Å²) in [7, 11) is -3.40. The van der Waals surface area contributed by atoms with E-state index in [1.165, 1.54) is 12.3 Å². The van der Waals surface area contributed by atoms with Gasteiger partial charge in [0.25, 0.3) is 0 Å². The van der Waals surface area contributed by atoms with Gasteiger partial charge < -0.3 is 14.3 Å². The van der Waals surface area contributed by atoms with Crippen LogP contribution in [0, 0.1) is 0 Å². The summed E-state index contributed by atoms with van der Waals surface area (Å²) in [4.78, 5) is 10.9. The monoisotopic (exact) mass is 274 g/mol. The second-order valence-corrected chi connectivity index (χ2v) is 6.46. The SMILES string of the molecule is O=C(O)c1ccoc1CS(=O)(=O)C1CCOCC1. The highest BCUT2D eigenvalue weighted by atomic mass is 32.2. The van der Waals surface area contributed by atoms with E-state index in [4.69, 9.17) is 14.3 Å². The molecule has 2 rings (SSSR count). The summed E-state index contributed by atoms with van der Waals surface area (Å²) in [6, 6.07) is 1.26. The Morgan fingerprint density at radius 3 is 2.67 bits per heavy atom. The molecule has 6 nitrogen and oxygen atoms in total. The Morgan fingerprint density at radius 2 is 2.06 bits per heavy atom. The van der Waals surface area contributed by atoms with E-state index in [1.54, 1.807) is 0 Å². The Balaban J connectivity index is 2.16. The minimum atomic E-state index is -3.40. The molecule has 100 valence electrons. The molecule has 1 fully saturated rings. The lowest BCUT2D eigenvalue weighted by Gasteiger charge is -2.21. The highest BCUT2D eigenvalue weighted by Gasteiger charge is 2.30. The topological polar surface area (TPSA) is 93.8 Å². The second kappa shape index (κ2) is 5.11. The number of rotatable bonds is 4. The average molecular weight is 274 g/mol. The van der Waals surface area contributed by atoms with Gasteiger partial charge in [-0.1, -0.05) is 0 Å². The average Bonchev–Trinajstić information content (AvgIpc) is 2.78. The highest BCUT2D eigenvalue weighted by Crippen LogP contribution is 2.22. The number of carboxylic acids is 1. The lowest BCUT2D eigenvalue weighted by Crippen LogP contribution is -2.30. The third-order valence-corrected chi connectivity index (χ3v) is 5.14. The van der Waals surface area contributed by atoms with Crippen molar-refractivity contribution in [2.24, 2.45) is 0 Å². The van der Waals surface area contributed by atoms with Gasteiger partial charge >= 0.3 is 5.97 Å². The molecule has 1 aromatic rings. The van der Waals surface area contributed by atoms with Crippen LogP contribution in [0.4, 0.5) is 0 Å². The van der Waals surface area contributed by atoms with Gasteiger partial charge in [-0.3, -0.25) is 0 Å². The van der Waals surface area contributed by atoms with Gasteiger partial charge in [0.15, 0.2) is 9.84 Å². The van der Waals surface area contributed by atoms with Crippen LogP contribution in [0.25, 0.3) is 0 Å². The molecule has 0 aliphatic carbocycles. The molecule has 0 saturated carbocycles. The van der Waals surface area contributed by atoms with E-state index < -0.39 is 21.1 Å². The number of carboxylic acid groups (broad SMARTS) is 1. The molecule has 0 unspecified atom stereocenters. The van der Waals surface area contributed by atoms with Gasteiger partial charge in [-0.2, -0.15) is 0 Å². The number of hydrogen-bond donors (Lipinski definition) is 1. The van der Waals surface area contributed by atoms with E-state index in [0.29, 0.717) is 26.1 Å². The molecular weight excluding hydrogens is 260 g/mol. The Kier molecular flexibility index (Phi) is 3.72. The number of ether oxygens (including phenoxy) is 1. The fourth-order valence-corrected chi connectivity index (χ4v) is 3.71. The molecule has 0 radical (unpaired) electrons. The number of aromatic carboxylic acids is 1. The van der Waals surface area contributed by atoms with Crippen molar-refractivity contribution in [2.45, 2.75) is 23.8 Å². The summed E-state index contributed by atoms with van der Waals surface area (Å²) < 4.78 is 34.3. The van der Waals surface area contributed by atoms with Crippen LogP contribution in [0.5, 0.6) is 0 Å². The normalized spacial score (nSPS) is 17.8. The van der Waals surface area contributed by atoms with Gasteiger partial charge in [-0.05, 0) is 18.9 Å². The fraction of sp³-hybridized carbons (Fsp3) is 0.545. The van der Waals surface area contributed by atoms with Crippen LogP contribution in [-0.2, 0) is 20.3 Å². The largest absolute Gasteiger partial charge is 0.478 e. The number of sulfone groups is 1. The molecule has 1 aromatic heterocycles. The predicted octanol–water partition coefficient (Wildman–Crippen LogP) is 1.07. The van der Waals surface area contributed by atoms with Crippen LogP contribution in [0.15, 0.2) is 16.7 Å². The third-order valence-electron chi connectivity index (χ3n) is 2.98. The summed E-state index contributed by atoms with van der Waals surface area (Å²) in [6.07, 6.45) is 2.09. The molecule has 0 amide bonds. The smallest absolute Gasteiger partial charge is 0.339 e. The summed E-state index contributed by atoms with van der Waals surface area (Å²) in [5.41, 5.74) is -0.0920. The van der Waals surface area contributed by atoms with E-state index in [9.17, 15) is 13.2 Å². The molecule has 0 aromatic carbocycles. The summed E-state index contributed by atoms with van der Waals surface area (Å²) >= 11 is 0. The first-order chi connectivity index (χ1) is 8.50. The van der Waals surface area contributed by atoms with E-state index in [0.717, 1.165) is 0 Å². The Hall–Kier alpha value is -1.34. The minimum Gasteiger partial charge on any atom is -0.478 e. The van der Waals surface area contributed by atoms with Crippen LogP contribution < -0.4 is 0 Å². The molecule has 18 heavy (non-hydrogen) atoms. The van der Waals surface area contributed by atoms with Gasteiger partial charge in [0, 0.05) is 13.2 Å². The Labute approximate surface area is 104 Å². The standard InChI is InChI=1S/C11H14O6S/c12-11(13)9-3-6-17-10(9)7-18(14,15)8-1-4-16-5-2-8/h3,6,8H,1-2,4-5,7H2,(H,12,13). The molecule has 0 spiro atoms. The molecule has 7 heteroatoms. The first kappa shape index (κ1) is 13.1. The third kappa shape index (κ3) is 2.73. The molecule has 1 aliphatic heterocycles. The van der Waals surface area contributed by atoms with Crippen molar-refractivity contribution in [2.75, 3.05) is 13.2 Å². The maximum Gasteiger partial charge on any atom is 0.339 e. The van der Waals surface area contributed by atoms with Crippen molar-refractivity contribution < 1.29 is 27.5 Å². The van der Waals surface area contributed by atoms with E-state index in [2.05, 4.69) is 0 Å².